The number of aliphatic carboxylic acids is 1. The molecule has 0 atom stereocenters. The fourth-order valence-electron chi connectivity index (χ4n) is 2.30. The molecule has 0 aliphatic rings. The zero-order chi connectivity index (χ0) is 16.8. The number of fused-ring (bicyclic) bond motifs is 1. The van der Waals surface area contributed by atoms with Gasteiger partial charge in [-0.2, -0.15) is 0 Å². The first-order valence-corrected chi connectivity index (χ1v) is 7.74. The number of ketones is 1. The summed E-state index contributed by atoms with van der Waals surface area (Å²) in [6.07, 6.45) is 2.21. The van der Waals surface area contributed by atoms with E-state index in [-0.39, 0.29) is 18.6 Å². The number of nitrogens with zero attached hydrogens (tertiary/aromatic N) is 1. The molecule has 5 heteroatoms. The van der Waals surface area contributed by atoms with Gasteiger partial charge in [0.1, 0.15) is 11.3 Å². The van der Waals surface area contributed by atoms with Gasteiger partial charge in [0.05, 0.1) is 6.61 Å². The van der Waals surface area contributed by atoms with Crippen LogP contribution < -0.4 is 4.74 Å². The minimum Gasteiger partial charge on any atom is -0.491 e. The van der Waals surface area contributed by atoms with Crippen LogP contribution in [-0.2, 0) is 4.79 Å². The normalized spacial score (nSPS) is 10.9. The molecule has 2 rings (SSSR count). The van der Waals surface area contributed by atoms with E-state index >= 15 is 0 Å². The number of carbonyl (C=O) groups is 2. The van der Waals surface area contributed by atoms with Gasteiger partial charge in [0, 0.05) is 30.0 Å². The molecule has 1 heterocycles. The van der Waals surface area contributed by atoms with E-state index in [2.05, 4.69) is 18.8 Å². The number of hydrogen-bond donors (Lipinski definition) is 1. The second-order valence-electron chi connectivity index (χ2n) is 5.89. The summed E-state index contributed by atoms with van der Waals surface area (Å²) in [4.78, 5) is 27.3. The van der Waals surface area contributed by atoms with Crippen molar-refractivity contribution in [3.05, 3.63) is 36.0 Å². The van der Waals surface area contributed by atoms with Gasteiger partial charge in [-0.3, -0.25) is 14.6 Å². The summed E-state index contributed by atoms with van der Waals surface area (Å²) in [6.45, 7) is 4.71. The molecule has 1 aromatic carbocycles. The molecule has 5 nitrogen and oxygen atoms in total. The average molecular weight is 315 g/mol. The highest BCUT2D eigenvalue weighted by Crippen LogP contribution is 2.28. The molecule has 122 valence electrons. The minimum absolute atomic E-state index is 0.00247. The maximum Gasteiger partial charge on any atom is 0.303 e. The van der Waals surface area contributed by atoms with E-state index in [0.29, 0.717) is 35.8 Å². The molecule has 0 amide bonds. The molecular weight excluding hydrogens is 294 g/mol. The van der Waals surface area contributed by atoms with Gasteiger partial charge >= 0.3 is 5.97 Å². The first-order valence-electron chi connectivity index (χ1n) is 7.74. The van der Waals surface area contributed by atoms with E-state index in [1.54, 1.807) is 24.4 Å². The highest BCUT2D eigenvalue weighted by Gasteiger charge is 2.14. The quantitative estimate of drug-likeness (QED) is 0.751. The highest BCUT2D eigenvalue weighted by atomic mass is 16.5. The number of hydrogen-bond acceptors (Lipinski definition) is 4. The monoisotopic (exact) mass is 315 g/mol. The smallest absolute Gasteiger partial charge is 0.303 e. The standard InChI is InChI=1S/C18H21NO4/c1-12(2)11-23-16-9-8-13(14-5-4-10-19-18(14)16)15(20)6-3-7-17(21)22/h4-5,8-10,12H,3,6-7,11H2,1-2H3,(H,21,22). The number of carbonyl (C=O) groups excluding carboxylic acids is 1. The Morgan fingerprint density at radius 3 is 2.70 bits per heavy atom. The third kappa shape index (κ3) is 4.52. The van der Waals surface area contributed by atoms with Crippen molar-refractivity contribution in [2.75, 3.05) is 6.61 Å². The van der Waals surface area contributed by atoms with E-state index < -0.39 is 5.97 Å². The first kappa shape index (κ1) is 16.9. The van der Waals surface area contributed by atoms with Crippen molar-refractivity contribution in [2.24, 2.45) is 5.92 Å². The van der Waals surface area contributed by atoms with Crippen LogP contribution >= 0.6 is 0 Å². The van der Waals surface area contributed by atoms with Crippen molar-refractivity contribution in [2.45, 2.75) is 33.1 Å². The van der Waals surface area contributed by atoms with Crippen molar-refractivity contribution >= 4 is 22.7 Å². The lowest BCUT2D eigenvalue weighted by Gasteiger charge is -2.12. The van der Waals surface area contributed by atoms with Gasteiger partial charge in [0.25, 0.3) is 0 Å². The summed E-state index contributed by atoms with van der Waals surface area (Å²) in [5.74, 6) is 0.101. The molecule has 0 fully saturated rings. The number of carboxylic acid groups (broad SMARTS) is 1. The lowest BCUT2D eigenvalue weighted by molar-refractivity contribution is -0.137. The van der Waals surface area contributed by atoms with Gasteiger partial charge in [0.2, 0.25) is 0 Å². The molecule has 0 saturated carbocycles. The number of benzene rings is 1. The van der Waals surface area contributed by atoms with E-state index in [1.807, 2.05) is 6.07 Å². The summed E-state index contributed by atoms with van der Waals surface area (Å²) >= 11 is 0. The molecule has 0 saturated heterocycles. The Morgan fingerprint density at radius 1 is 1.22 bits per heavy atom. The Balaban J connectivity index is 2.26. The van der Waals surface area contributed by atoms with Crippen LogP contribution in [0.4, 0.5) is 0 Å². The maximum atomic E-state index is 12.4. The molecule has 1 aromatic heterocycles. The van der Waals surface area contributed by atoms with Crippen LogP contribution in [0.2, 0.25) is 0 Å². The lowest BCUT2D eigenvalue weighted by Crippen LogP contribution is -2.07. The molecule has 2 aromatic rings. The molecule has 0 unspecified atom stereocenters. The summed E-state index contributed by atoms with van der Waals surface area (Å²) in [7, 11) is 0. The largest absolute Gasteiger partial charge is 0.491 e. The molecular formula is C18H21NO4. The van der Waals surface area contributed by atoms with Crippen LogP contribution in [0.1, 0.15) is 43.5 Å². The summed E-state index contributed by atoms with van der Waals surface area (Å²) in [6, 6.07) is 7.13. The molecule has 0 aliphatic heterocycles. The van der Waals surface area contributed by atoms with Crippen molar-refractivity contribution in [3.8, 4) is 5.75 Å². The van der Waals surface area contributed by atoms with E-state index in [1.165, 1.54) is 0 Å². The van der Waals surface area contributed by atoms with Crippen LogP contribution in [0, 0.1) is 5.92 Å². The minimum atomic E-state index is -0.887. The fraction of sp³-hybridized carbons (Fsp3) is 0.389. The van der Waals surface area contributed by atoms with Gasteiger partial charge < -0.3 is 9.84 Å². The second-order valence-corrected chi connectivity index (χ2v) is 5.89. The Morgan fingerprint density at radius 2 is 2.00 bits per heavy atom. The topological polar surface area (TPSA) is 76.5 Å². The number of rotatable bonds is 8. The average Bonchev–Trinajstić information content (AvgIpc) is 2.51. The molecule has 0 aliphatic carbocycles. The summed E-state index contributed by atoms with van der Waals surface area (Å²) < 4.78 is 5.78. The third-order valence-corrected chi connectivity index (χ3v) is 3.40. The predicted molar refractivity (Wildman–Crippen MR) is 87.9 cm³/mol. The van der Waals surface area contributed by atoms with Crippen LogP contribution in [0.15, 0.2) is 30.5 Å². The molecule has 0 bridgehead atoms. The van der Waals surface area contributed by atoms with Crippen LogP contribution in [0.3, 0.4) is 0 Å². The van der Waals surface area contributed by atoms with Crippen molar-refractivity contribution in [1.29, 1.82) is 0 Å². The van der Waals surface area contributed by atoms with Crippen LogP contribution in [0.25, 0.3) is 10.9 Å². The zero-order valence-electron chi connectivity index (χ0n) is 13.4. The summed E-state index contributed by atoms with van der Waals surface area (Å²) in [5.41, 5.74) is 1.23. The Labute approximate surface area is 135 Å². The van der Waals surface area contributed by atoms with Gasteiger partial charge in [0.15, 0.2) is 5.78 Å². The van der Waals surface area contributed by atoms with E-state index in [9.17, 15) is 9.59 Å². The van der Waals surface area contributed by atoms with Crippen LogP contribution in [-0.4, -0.2) is 28.4 Å². The number of aromatic nitrogens is 1. The number of pyridine rings is 1. The predicted octanol–water partition coefficient (Wildman–Crippen LogP) is 3.71. The van der Waals surface area contributed by atoms with Crippen molar-refractivity contribution < 1.29 is 19.4 Å². The van der Waals surface area contributed by atoms with E-state index in [4.69, 9.17) is 9.84 Å². The third-order valence-electron chi connectivity index (χ3n) is 3.40. The summed E-state index contributed by atoms with van der Waals surface area (Å²) in [5, 5.41) is 9.42. The van der Waals surface area contributed by atoms with Crippen molar-refractivity contribution in [3.63, 3.8) is 0 Å². The molecule has 23 heavy (non-hydrogen) atoms. The first-order chi connectivity index (χ1) is 11.0. The van der Waals surface area contributed by atoms with Crippen LogP contribution in [0.5, 0.6) is 5.75 Å². The SMILES string of the molecule is CC(C)COc1ccc(C(=O)CCCC(=O)O)c2cccnc12. The fourth-order valence-corrected chi connectivity index (χ4v) is 2.30. The second kappa shape index (κ2) is 7.72. The van der Waals surface area contributed by atoms with Gasteiger partial charge in [-0.05, 0) is 30.5 Å². The molecule has 0 radical (unpaired) electrons. The van der Waals surface area contributed by atoms with Gasteiger partial charge in [-0.1, -0.05) is 19.9 Å². The number of Topliss-reactive ketones (excluding diaryl/α,β-unsaturated/α-hetero) is 1. The zero-order valence-corrected chi connectivity index (χ0v) is 13.4. The van der Waals surface area contributed by atoms with Gasteiger partial charge in [-0.15, -0.1) is 0 Å². The van der Waals surface area contributed by atoms with Crippen molar-refractivity contribution in [1.82, 2.24) is 4.98 Å². The highest BCUT2D eigenvalue weighted by molar-refractivity contribution is 6.08. The Hall–Kier alpha value is -2.43. The van der Waals surface area contributed by atoms with E-state index in [0.717, 1.165) is 5.39 Å². The van der Waals surface area contributed by atoms with Gasteiger partial charge in [-0.25, -0.2) is 0 Å². The Bertz CT molecular complexity index is 709. The maximum absolute atomic E-state index is 12.4. The molecule has 0 spiro atoms. The number of ether oxygens (including phenoxy) is 1. The lowest BCUT2D eigenvalue weighted by atomic mass is 10.0. The Kier molecular flexibility index (Phi) is 5.68. The molecule has 1 N–H and O–H groups in total. The number of carboxylic acids is 1.